The molecule has 0 aliphatic carbocycles. The largest absolute Gasteiger partial charge is 0.452 e. The van der Waals surface area contributed by atoms with Crippen LogP contribution in [-0.4, -0.2) is 30.1 Å². The van der Waals surface area contributed by atoms with Gasteiger partial charge in [-0.1, -0.05) is 12.1 Å². The first kappa shape index (κ1) is 19.0. The zero-order chi connectivity index (χ0) is 19.9. The average Bonchev–Trinajstić information content (AvgIpc) is 3.22. The molecule has 3 rings (SSSR count). The summed E-state index contributed by atoms with van der Waals surface area (Å²) in [5.74, 6) is -0.716. The van der Waals surface area contributed by atoms with Crippen LogP contribution in [0, 0.1) is 0 Å². The van der Waals surface area contributed by atoms with Gasteiger partial charge < -0.3 is 19.2 Å². The van der Waals surface area contributed by atoms with Gasteiger partial charge in [0.2, 0.25) is 0 Å². The fourth-order valence-electron chi connectivity index (χ4n) is 2.26. The highest BCUT2D eigenvalue weighted by Gasteiger charge is 2.12. The number of ether oxygens (including phenoxy) is 2. The molecule has 1 N–H and O–H groups in total. The Balaban J connectivity index is 1.49. The summed E-state index contributed by atoms with van der Waals surface area (Å²) >= 11 is 0. The molecule has 0 aliphatic heterocycles. The Bertz CT molecular complexity index is 926. The molecule has 0 unspecified atom stereocenters. The fraction of sp³-hybridized carbons (Fsp3) is 0.105. The van der Waals surface area contributed by atoms with E-state index in [-0.39, 0.29) is 11.3 Å². The number of rotatable bonds is 7. The number of anilines is 1. The topological polar surface area (TPSA) is 90.7 Å². The van der Waals surface area contributed by atoms with Crippen LogP contribution < -0.4 is 10.1 Å². The fourth-order valence-corrected chi connectivity index (χ4v) is 2.26. The van der Waals surface area contributed by atoms with E-state index in [0.29, 0.717) is 11.4 Å². The highest BCUT2D eigenvalue weighted by molar-refractivity contribution is 5.95. The summed E-state index contributed by atoms with van der Waals surface area (Å²) < 4.78 is 38.5. The van der Waals surface area contributed by atoms with E-state index in [1.165, 1.54) is 30.7 Å². The third-order valence-corrected chi connectivity index (χ3v) is 3.54. The van der Waals surface area contributed by atoms with Gasteiger partial charge in [0.15, 0.2) is 18.8 Å². The average molecular weight is 388 g/mol. The Labute approximate surface area is 157 Å². The van der Waals surface area contributed by atoms with Gasteiger partial charge in [0.25, 0.3) is 5.91 Å². The summed E-state index contributed by atoms with van der Waals surface area (Å²) in [6.07, 6.45) is 2.85. The number of amides is 1. The van der Waals surface area contributed by atoms with E-state index >= 15 is 0 Å². The molecule has 1 heterocycles. The smallest absolute Gasteiger partial charge is 0.387 e. The second-order valence-electron chi connectivity index (χ2n) is 5.47. The molecule has 0 saturated heterocycles. The molecule has 144 valence electrons. The van der Waals surface area contributed by atoms with E-state index in [2.05, 4.69) is 15.0 Å². The lowest BCUT2D eigenvalue weighted by Gasteiger charge is -2.08. The number of esters is 1. The number of oxazole rings is 1. The van der Waals surface area contributed by atoms with E-state index in [1.807, 2.05) is 0 Å². The SMILES string of the molecule is O=C(COC(=O)c1ccc(-c2cnco2)cc1)Nc1ccc(OC(F)F)cc1. The summed E-state index contributed by atoms with van der Waals surface area (Å²) in [4.78, 5) is 27.7. The van der Waals surface area contributed by atoms with Gasteiger partial charge in [-0.2, -0.15) is 8.78 Å². The lowest BCUT2D eigenvalue weighted by Crippen LogP contribution is -2.20. The Kier molecular flexibility index (Phi) is 5.95. The lowest BCUT2D eigenvalue weighted by atomic mass is 10.1. The van der Waals surface area contributed by atoms with E-state index < -0.39 is 25.1 Å². The van der Waals surface area contributed by atoms with Crippen LogP contribution in [0.1, 0.15) is 10.4 Å². The van der Waals surface area contributed by atoms with Gasteiger partial charge in [-0.3, -0.25) is 4.79 Å². The van der Waals surface area contributed by atoms with Gasteiger partial charge in [0.1, 0.15) is 5.75 Å². The molecule has 0 fully saturated rings. The Morgan fingerprint density at radius 1 is 1.07 bits per heavy atom. The molecular formula is C19H14F2N2O5. The standard InChI is InChI=1S/C19H14F2N2O5/c20-19(21)28-15-7-5-14(6-8-15)23-17(24)10-26-18(25)13-3-1-12(2-4-13)16-9-22-11-27-16/h1-9,11,19H,10H2,(H,23,24). The van der Waals surface area contributed by atoms with Crippen molar-refractivity contribution in [2.24, 2.45) is 0 Å². The third-order valence-electron chi connectivity index (χ3n) is 3.54. The molecule has 1 aromatic heterocycles. The van der Waals surface area contributed by atoms with Gasteiger partial charge in [0.05, 0.1) is 11.8 Å². The molecule has 3 aromatic rings. The Morgan fingerprint density at radius 3 is 2.39 bits per heavy atom. The van der Waals surface area contributed by atoms with Crippen LogP contribution >= 0.6 is 0 Å². The monoisotopic (exact) mass is 388 g/mol. The maximum Gasteiger partial charge on any atom is 0.387 e. The van der Waals surface area contributed by atoms with Gasteiger partial charge in [-0.05, 0) is 36.4 Å². The number of nitrogens with one attached hydrogen (secondary N) is 1. The van der Waals surface area contributed by atoms with Crippen molar-refractivity contribution in [3.8, 4) is 17.1 Å². The van der Waals surface area contributed by atoms with Gasteiger partial charge in [-0.25, -0.2) is 9.78 Å². The molecule has 0 saturated carbocycles. The van der Waals surface area contributed by atoms with Crippen LogP contribution in [0.25, 0.3) is 11.3 Å². The van der Waals surface area contributed by atoms with Crippen molar-refractivity contribution in [2.45, 2.75) is 6.61 Å². The van der Waals surface area contributed by atoms with Crippen LogP contribution in [0.4, 0.5) is 14.5 Å². The maximum absolute atomic E-state index is 12.1. The number of benzene rings is 2. The number of carbonyl (C=O) groups is 2. The summed E-state index contributed by atoms with van der Waals surface area (Å²) in [5, 5.41) is 2.48. The predicted octanol–water partition coefficient (Wildman–Crippen LogP) is 3.74. The minimum absolute atomic E-state index is 0.0341. The number of hydrogen-bond acceptors (Lipinski definition) is 6. The molecule has 0 bridgehead atoms. The second-order valence-corrected chi connectivity index (χ2v) is 5.47. The van der Waals surface area contributed by atoms with Crippen molar-refractivity contribution in [3.63, 3.8) is 0 Å². The van der Waals surface area contributed by atoms with Crippen molar-refractivity contribution in [3.05, 3.63) is 66.7 Å². The number of alkyl halides is 2. The predicted molar refractivity (Wildman–Crippen MR) is 93.9 cm³/mol. The molecule has 9 heteroatoms. The number of nitrogens with zero attached hydrogens (tertiary/aromatic N) is 1. The second kappa shape index (κ2) is 8.76. The first-order valence-corrected chi connectivity index (χ1v) is 8.02. The van der Waals surface area contributed by atoms with Crippen molar-refractivity contribution < 1.29 is 32.3 Å². The summed E-state index contributed by atoms with van der Waals surface area (Å²) in [7, 11) is 0. The number of halogens is 2. The molecule has 28 heavy (non-hydrogen) atoms. The first-order chi connectivity index (χ1) is 13.5. The van der Waals surface area contributed by atoms with Gasteiger partial charge in [-0.15, -0.1) is 0 Å². The first-order valence-electron chi connectivity index (χ1n) is 8.02. The Morgan fingerprint density at radius 2 is 1.79 bits per heavy atom. The van der Waals surface area contributed by atoms with E-state index in [0.717, 1.165) is 5.56 Å². The van der Waals surface area contributed by atoms with E-state index in [1.54, 1.807) is 30.5 Å². The molecule has 0 spiro atoms. The van der Waals surface area contributed by atoms with Crippen LogP contribution in [0.3, 0.4) is 0 Å². The maximum atomic E-state index is 12.1. The molecule has 2 aromatic carbocycles. The molecule has 0 radical (unpaired) electrons. The number of aromatic nitrogens is 1. The number of hydrogen-bond donors (Lipinski definition) is 1. The van der Waals surface area contributed by atoms with Crippen molar-refractivity contribution >= 4 is 17.6 Å². The quantitative estimate of drug-likeness (QED) is 0.620. The molecule has 0 aliphatic rings. The van der Waals surface area contributed by atoms with Crippen LogP contribution in [0.5, 0.6) is 5.75 Å². The van der Waals surface area contributed by atoms with E-state index in [9.17, 15) is 18.4 Å². The Hall–Kier alpha value is -3.75. The van der Waals surface area contributed by atoms with Crippen molar-refractivity contribution in [2.75, 3.05) is 11.9 Å². The molecule has 0 atom stereocenters. The molecule has 7 nitrogen and oxygen atoms in total. The summed E-state index contributed by atoms with van der Waals surface area (Å²) in [5.41, 5.74) is 1.36. The van der Waals surface area contributed by atoms with Gasteiger partial charge in [0, 0.05) is 11.3 Å². The van der Waals surface area contributed by atoms with Crippen molar-refractivity contribution in [1.82, 2.24) is 4.98 Å². The minimum Gasteiger partial charge on any atom is -0.452 e. The number of carbonyl (C=O) groups excluding carboxylic acids is 2. The normalized spacial score (nSPS) is 10.5. The van der Waals surface area contributed by atoms with Gasteiger partial charge >= 0.3 is 12.6 Å². The minimum atomic E-state index is -2.93. The van der Waals surface area contributed by atoms with Crippen LogP contribution in [0.15, 0.2) is 65.5 Å². The zero-order valence-electron chi connectivity index (χ0n) is 14.3. The van der Waals surface area contributed by atoms with Crippen LogP contribution in [-0.2, 0) is 9.53 Å². The summed E-state index contributed by atoms with van der Waals surface area (Å²) in [6, 6.07) is 11.8. The molecular weight excluding hydrogens is 374 g/mol. The van der Waals surface area contributed by atoms with E-state index in [4.69, 9.17) is 9.15 Å². The highest BCUT2D eigenvalue weighted by Crippen LogP contribution is 2.19. The highest BCUT2D eigenvalue weighted by atomic mass is 19.3. The van der Waals surface area contributed by atoms with Crippen molar-refractivity contribution in [1.29, 1.82) is 0 Å². The summed E-state index contributed by atoms with van der Waals surface area (Å²) in [6.45, 7) is -3.43. The third kappa shape index (κ3) is 5.13. The molecule has 1 amide bonds. The van der Waals surface area contributed by atoms with Crippen LogP contribution in [0.2, 0.25) is 0 Å². The lowest BCUT2D eigenvalue weighted by molar-refractivity contribution is -0.119. The zero-order valence-corrected chi connectivity index (χ0v) is 14.3.